The van der Waals surface area contributed by atoms with Crippen LogP contribution in [0.4, 0.5) is 0 Å². The van der Waals surface area contributed by atoms with Crippen molar-refractivity contribution in [2.75, 3.05) is 0 Å². The van der Waals surface area contributed by atoms with Gasteiger partial charge in [-0.3, -0.25) is 9.48 Å². The zero-order valence-corrected chi connectivity index (χ0v) is 10.4. The number of hydrogen-bond acceptors (Lipinski definition) is 3. The van der Waals surface area contributed by atoms with E-state index < -0.39 is 11.2 Å². The molecule has 0 radical (unpaired) electrons. The first-order valence-corrected chi connectivity index (χ1v) is 5.88. The first-order chi connectivity index (χ1) is 6.93. The van der Waals surface area contributed by atoms with Crippen LogP contribution in [-0.2, 0) is 17.6 Å². The Balaban J connectivity index is 2.69. The Bertz CT molecular complexity index is 378. The molecule has 1 aromatic rings. The van der Waals surface area contributed by atoms with Crippen molar-refractivity contribution in [2.45, 2.75) is 24.9 Å². The fourth-order valence-corrected chi connectivity index (χ4v) is 2.34. The summed E-state index contributed by atoms with van der Waals surface area (Å²) in [6.45, 7) is 3.53. The Kier molecular flexibility index (Phi) is 4.04. The predicted octanol–water partition coefficient (Wildman–Crippen LogP) is 2.09. The predicted molar refractivity (Wildman–Crippen MR) is 61.3 cm³/mol. The molecule has 0 spiro atoms. The molecule has 15 heavy (non-hydrogen) atoms. The molecule has 1 aromatic heterocycles. The molecule has 1 N–H and O–H groups in total. The second-order valence-corrected chi connectivity index (χ2v) is 4.96. The van der Waals surface area contributed by atoms with Gasteiger partial charge in [0.15, 0.2) is 0 Å². The summed E-state index contributed by atoms with van der Waals surface area (Å²) in [4.78, 5) is 10.6. The maximum atomic E-state index is 10.6. The fraction of sp³-hybridized carbons (Fsp3) is 0.556. The first-order valence-electron chi connectivity index (χ1n) is 4.46. The average molecular weight is 249 g/mol. The van der Waals surface area contributed by atoms with Crippen LogP contribution in [0.3, 0.4) is 0 Å². The Morgan fingerprint density at radius 1 is 1.73 bits per heavy atom. The SMILES string of the molecule is Cc1nn(C)c(Cl)c1CSC(C)C(=O)O. The molecule has 84 valence electrons. The van der Waals surface area contributed by atoms with E-state index >= 15 is 0 Å². The third kappa shape index (κ3) is 2.89. The minimum Gasteiger partial charge on any atom is -0.480 e. The van der Waals surface area contributed by atoms with Gasteiger partial charge in [0.05, 0.1) is 10.9 Å². The number of carboxylic acid groups (broad SMARTS) is 1. The van der Waals surface area contributed by atoms with E-state index in [9.17, 15) is 4.79 Å². The maximum absolute atomic E-state index is 10.6. The number of carbonyl (C=O) groups is 1. The summed E-state index contributed by atoms with van der Waals surface area (Å²) in [5.74, 6) is -0.232. The average Bonchev–Trinajstić information content (AvgIpc) is 2.38. The van der Waals surface area contributed by atoms with Crippen LogP contribution in [-0.4, -0.2) is 26.1 Å². The van der Waals surface area contributed by atoms with Crippen molar-refractivity contribution < 1.29 is 9.90 Å². The summed E-state index contributed by atoms with van der Waals surface area (Å²) in [7, 11) is 1.77. The van der Waals surface area contributed by atoms with Crippen molar-refractivity contribution >= 4 is 29.3 Å². The van der Waals surface area contributed by atoms with Gasteiger partial charge in [-0.25, -0.2) is 0 Å². The first kappa shape index (κ1) is 12.4. The van der Waals surface area contributed by atoms with Gasteiger partial charge < -0.3 is 5.11 Å². The van der Waals surface area contributed by atoms with Crippen LogP contribution in [0.25, 0.3) is 0 Å². The fourth-order valence-electron chi connectivity index (χ4n) is 1.12. The van der Waals surface area contributed by atoms with Gasteiger partial charge in [-0.05, 0) is 13.8 Å². The van der Waals surface area contributed by atoms with Crippen LogP contribution in [0, 0.1) is 6.92 Å². The van der Waals surface area contributed by atoms with E-state index in [1.807, 2.05) is 6.92 Å². The lowest BCUT2D eigenvalue weighted by Gasteiger charge is -2.05. The number of aromatic nitrogens is 2. The van der Waals surface area contributed by atoms with E-state index in [1.165, 1.54) is 11.8 Å². The molecule has 0 aliphatic rings. The van der Waals surface area contributed by atoms with E-state index in [1.54, 1.807) is 18.7 Å². The number of aryl methyl sites for hydroxylation is 2. The van der Waals surface area contributed by atoms with Gasteiger partial charge in [0.2, 0.25) is 0 Å². The molecule has 1 atom stereocenters. The smallest absolute Gasteiger partial charge is 0.316 e. The van der Waals surface area contributed by atoms with Crippen molar-refractivity contribution in [3.8, 4) is 0 Å². The number of halogens is 1. The normalized spacial score (nSPS) is 12.8. The zero-order valence-electron chi connectivity index (χ0n) is 8.82. The summed E-state index contributed by atoms with van der Waals surface area (Å²) in [5, 5.41) is 13.0. The highest BCUT2D eigenvalue weighted by molar-refractivity contribution is 7.99. The van der Waals surface area contributed by atoms with Crippen molar-refractivity contribution in [1.82, 2.24) is 9.78 Å². The lowest BCUT2D eigenvalue weighted by Crippen LogP contribution is -2.11. The van der Waals surface area contributed by atoms with Crippen LogP contribution >= 0.6 is 23.4 Å². The molecule has 0 fully saturated rings. The number of rotatable bonds is 4. The lowest BCUT2D eigenvalue weighted by molar-refractivity contribution is -0.136. The van der Waals surface area contributed by atoms with Crippen LogP contribution in [0.1, 0.15) is 18.2 Å². The molecule has 4 nitrogen and oxygen atoms in total. The van der Waals surface area contributed by atoms with Crippen LogP contribution in [0.15, 0.2) is 0 Å². The number of aliphatic carboxylic acids is 1. The van der Waals surface area contributed by atoms with E-state index in [2.05, 4.69) is 5.10 Å². The van der Waals surface area contributed by atoms with Crippen LogP contribution < -0.4 is 0 Å². The molecule has 6 heteroatoms. The van der Waals surface area contributed by atoms with Crippen molar-refractivity contribution in [3.63, 3.8) is 0 Å². The molecule has 0 saturated heterocycles. The Morgan fingerprint density at radius 2 is 2.33 bits per heavy atom. The number of hydrogen-bond donors (Lipinski definition) is 1. The van der Waals surface area contributed by atoms with E-state index in [-0.39, 0.29) is 0 Å². The van der Waals surface area contributed by atoms with Crippen molar-refractivity contribution in [2.24, 2.45) is 7.05 Å². The van der Waals surface area contributed by atoms with Crippen molar-refractivity contribution in [3.05, 3.63) is 16.4 Å². The Hall–Kier alpha value is -0.680. The van der Waals surface area contributed by atoms with Gasteiger partial charge in [0.25, 0.3) is 0 Å². The summed E-state index contributed by atoms with van der Waals surface area (Å²) in [6, 6.07) is 0. The molecule has 1 rings (SSSR count). The molecule has 0 saturated carbocycles. The van der Waals surface area contributed by atoms with E-state index in [0.717, 1.165) is 11.3 Å². The van der Waals surface area contributed by atoms with E-state index in [0.29, 0.717) is 10.9 Å². The van der Waals surface area contributed by atoms with Gasteiger partial charge >= 0.3 is 5.97 Å². The third-order valence-electron chi connectivity index (χ3n) is 2.10. The van der Waals surface area contributed by atoms with Gasteiger partial charge in [0, 0.05) is 18.4 Å². The second-order valence-electron chi connectivity index (χ2n) is 3.27. The Labute approximate surface area is 97.6 Å². The van der Waals surface area contributed by atoms with E-state index in [4.69, 9.17) is 16.7 Å². The van der Waals surface area contributed by atoms with Gasteiger partial charge in [0.1, 0.15) is 5.15 Å². The molecule has 0 aliphatic carbocycles. The standard InChI is InChI=1S/C9H13ClN2O2S/c1-5-7(8(10)12(3)11-5)4-15-6(2)9(13)14/h6H,4H2,1-3H3,(H,13,14). The molecule has 1 unspecified atom stereocenters. The van der Waals surface area contributed by atoms with Crippen molar-refractivity contribution in [1.29, 1.82) is 0 Å². The summed E-state index contributed by atoms with van der Waals surface area (Å²) >= 11 is 7.36. The highest BCUT2D eigenvalue weighted by Gasteiger charge is 2.16. The van der Waals surface area contributed by atoms with Gasteiger partial charge in [-0.2, -0.15) is 5.10 Å². The largest absolute Gasteiger partial charge is 0.480 e. The monoisotopic (exact) mass is 248 g/mol. The van der Waals surface area contributed by atoms with Crippen LogP contribution in [0.2, 0.25) is 5.15 Å². The number of carboxylic acids is 1. The number of nitrogens with zero attached hydrogens (tertiary/aromatic N) is 2. The molecule has 0 aliphatic heterocycles. The van der Waals surface area contributed by atoms with Crippen LogP contribution in [0.5, 0.6) is 0 Å². The highest BCUT2D eigenvalue weighted by Crippen LogP contribution is 2.25. The van der Waals surface area contributed by atoms with Gasteiger partial charge in [-0.1, -0.05) is 11.6 Å². The molecular weight excluding hydrogens is 236 g/mol. The lowest BCUT2D eigenvalue weighted by atomic mass is 10.3. The molecule has 0 amide bonds. The highest BCUT2D eigenvalue weighted by atomic mass is 35.5. The molecular formula is C9H13ClN2O2S. The summed E-state index contributed by atoms with van der Waals surface area (Å²) in [5.41, 5.74) is 1.77. The topological polar surface area (TPSA) is 55.1 Å². The molecule has 1 heterocycles. The molecule has 0 aromatic carbocycles. The number of thioether (sulfide) groups is 1. The quantitative estimate of drug-likeness (QED) is 0.887. The third-order valence-corrected chi connectivity index (χ3v) is 3.73. The summed E-state index contributed by atoms with van der Waals surface area (Å²) < 4.78 is 1.60. The maximum Gasteiger partial charge on any atom is 0.316 e. The second kappa shape index (κ2) is 4.90. The molecule has 0 bridgehead atoms. The Morgan fingerprint density at radius 3 is 2.73 bits per heavy atom. The minimum atomic E-state index is -0.808. The summed E-state index contributed by atoms with van der Waals surface area (Å²) in [6.07, 6.45) is 0. The minimum absolute atomic E-state index is 0.430. The van der Waals surface area contributed by atoms with Gasteiger partial charge in [-0.15, -0.1) is 11.8 Å². The zero-order chi connectivity index (χ0) is 11.6.